The largest absolute Gasteiger partial charge is 0.382 e. The van der Waals surface area contributed by atoms with Gasteiger partial charge in [0.25, 0.3) is 0 Å². The number of nitrogens with one attached hydrogen (secondary N) is 1. The molecule has 72 valence electrons. The maximum atomic E-state index is 3.49. The fourth-order valence-electron chi connectivity index (χ4n) is 1.66. The molecule has 1 heteroatoms. The van der Waals surface area contributed by atoms with Crippen molar-refractivity contribution in [3.8, 4) is 0 Å². The van der Waals surface area contributed by atoms with E-state index in [1.807, 2.05) is 6.07 Å². The Morgan fingerprint density at radius 2 is 2.00 bits per heavy atom. The Bertz CT molecular complexity index is 349. The summed E-state index contributed by atoms with van der Waals surface area (Å²) in [6.45, 7) is 2.19. The highest BCUT2D eigenvalue weighted by Gasteiger charge is 2.06. The van der Waals surface area contributed by atoms with E-state index in [2.05, 4.69) is 54.7 Å². The minimum atomic E-state index is 0.391. The third-order valence-electron chi connectivity index (χ3n) is 2.47. The Hall–Kier alpha value is -1.50. The van der Waals surface area contributed by atoms with Crippen LogP contribution in [0.4, 0.5) is 0 Å². The number of hydrogen-bond donors (Lipinski definition) is 1. The van der Waals surface area contributed by atoms with Gasteiger partial charge >= 0.3 is 0 Å². The van der Waals surface area contributed by atoms with Crippen molar-refractivity contribution in [2.45, 2.75) is 19.4 Å². The first-order chi connectivity index (χ1) is 6.86. The average Bonchev–Trinajstić information content (AvgIpc) is 2.72. The average molecular weight is 185 g/mol. The van der Waals surface area contributed by atoms with Crippen molar-refractivity contribution in [3.63, 3.8) is 0 Å². The Labute approximate surface area is 85.2 Å². The first-order valence-corrected chi connectivity index (χ1v) is 5.03. The lowest BCUT2D eigenvalue weighted by molar-refractivity contribution is 0.646. The highest BCUT2D eigenvalue weighted by atomic mass is 14.9. The van der Waals surface area contributed by atoms with Gasteiger partial charge in [-0.2, -0.15) is 0 Å². The van der Waals surface area contributed by atoms with Gasteiger partial charge in [0.05, 0.1) is 0 Å². The van der Waals surface area contributed by atoms with Crippen LogP contribution in [0.3, 0.4) is 0 Å². The second-order valence-electron chi connectivity index (χ2n) is 3.60. The molecule has 1 aliphatic carbocycles. The van der Waals surface area contributed by atoms with Crippen LogP contribution in [0.1, 0.15) is 24.9 Å². The van der Waals surface area contributed by atoms with Gasteiger partial charge in [-0.1, -0.05) is 42.5 Å². The van der Waals surface area contributed by atoms with Crippen LogP contribution in [0.5, 0.6) is 0 Å². The molecule has 0 bridgehead atoms. The highest BCUT2D eigenvalue weighted by Crippen LogP contribution is 2.16. The monoisotopic (exact) mass is 185 g/mol. The molecular weight excluding hydrogens is 170 g/mol. The molecule has 0 fully saturated rings. The van der Waals surface area contributed by atoms with Crippen LogP contribution in [0.2, 0.25) is 0 Å². The van der Waals surface area contributed by atoms with E-state index in [0.29, 0.717) is 6.04 Å². The van der Waals surface area contributed by atoms with Crippen LogP contribution in [-0.2, 0) is 0 Å². The van der Waals surface area contributed by atoms with Gasteiger partial charge in [-0.05, 0) is 18.6 Å². The van der Waals surface area contributed by atoms with Crippen molar-refractivity contribution in [1.29, 1.82) is 0 Å². The van der Waals surface area contributed by atoms with E-state index in [1.165, 1.54) is 11.3 Å². The Kier molecular flexibility index (Phi) is 2.68. The molecule has 1 aromatic carbocycles. The minimum absolute atomic E-state index is 0.391. The van der Waals surface area contributed by atoms with Gasteiger partial charge in [0.15, 0.2) is 0 Å². The van der Waals surface area contributed by atoms with Gasteiger partial charge < -0.3 is 5.32 Å². The molecule has 0 heterocycles. The molecule has 1 nitrogen and oxygen atoms in total. The molecule has 0 spiro atoms. The quantitative estimate of drug-likeness (QED) is 0.762. The lowest BCUT2D eigenvalue weighted by atomic mass is 10.1. The molecule has 0 amide bonds. The molecule has 1 aliphatic rings. The van der Waals surface area contributed by atoms with E-state index in [0.717, 1.165) is 6.42 Å². The Morgan fingerprint density at radius 1 is 1.21 bits per heavy atom. The number of allylic oxidation sites excluding steroid dienone is 3. The summed E-state index contributed by atoms with van der Waals surface area (Å²) in [5.41, 5.74) is 2.64. The summed E-state index contributed by atoms with van der Waals surface area (Å²) in [6.07, 6.45) is 7.44. The summed E-state index contributed by atoms with van der Waals surface area (Å²) < 4.78 is 0. The summed E-state index contributed by atoms with van der Waals surface area (Å²) in [5, 5.41) is 3.49. The van der Waals surface area contributed by atoms with Crippen molar-refractivity contribution in [2.75, 3.05) is 0 Å². The molecule has 1 unspecified atom stereocenters. The number of hydrogen-bond acceptors (Lipinski definition) is 1. The molecule has 0 radical (unpaired) electrons. The SMILES string of the molecule is CC(NC1=CC=CC1)c1ccccc1. The first-order valence-electron chi connectivity index (χ1n) is 5.03. The minimum Gasteiger partial charge on any atom is -0.382 e. The van der Waals surface area contributed by atoms with Crippen molar-refractivity contribution in [3.05, 3.63) is 59.8 Å². The van der Waals surface area contributed by atoms with Crippen LogP contribution in [0, 0.1) is 0 Å². The molecule has 1 aromatic rings. The van der Waals surface area contributed by atoms with Crippen LogP contribution in [-0.4, -0.2) is 0 Å². The van der Waals surface area contributed by atoms with E-state index < -0.39 is 0 Å². The first kappa shape index (κ1) is 9.07. The fraction of sp³-hybridized carbons (Fsp3) is 0.231. The van der Waals surface area contributed by atoms with E-state index in [-0.39, 0.29) is 0 Å². The third-order valence-corrected chi connectivity index (χ3v) is 2.47. The number of rotatable bonds is 3. The fourth-order valence-corrected chi connectivity index (χ4v) is 1.66. The molecule has 0 saturated heterocycles. The van der Waals surface area contributed by atoms with E-state index in [1.54, 1.807) is 0 Å². The molecule has 14 heavy (non-hydrogen) atoms. The van der Waals surface area contributed by atoms with Gasteiger partial charge in [0, 0.05) is 18.2 Å². The van der Waals surface area contributed by atoms with Gasteiger partial charge in [0.2, 0.25) is 0 Å². The standard InChI is InChI=1S/C13H15N/c1-11(12-7-3-2-4-8-12)14-13-9-5-6-10-13/h2-9,11,14H,10H2,1H3. The van der Waals surface area contributed by atoms with Crippen molar-refractivity contribution in [2.24, 2.45) is 0 Å². The molecule has 0 saturated carbocycles. The third kappa shape index (κ3) is 2.05. The summed E-state index contributed by atoms with van der Waals surface area (Å²) >= 11 is 0. The predicted molar refractivity (Wildman–Crippen MR) is 59.8 cm³/mol. The zero-order valence-electron chi connectivity index (χ0n) is 8.40. The Balaban J connectivity index is 1.99. The van der Waals surface area contributed by atoms with Crippen molar-refractivity contribution in [1.82, 2.24) is 5.32 Å². The topological polar surface area (TPSA) is 12.0 Å². The van der Waals surface area contributed by atoms with Gasteiger partial charge in [-0.15, -0.1) is 0 Å². The molecular formula is C13H15N. The summed E-state index contributed by atoms with van der Waals surface area (Å²) in [5.74, 6) is 0. The predicted octanol–water partition coefficient (Wildman–Crippen LogP) is 3.18. The second-order valence-corrected chi connectivity index (χ2v) is 3.60. The van der Waals surface area contributed by atoms with Crippen LogP contribution >= 0.6 is 0 Å². The maximum absolute atomic E-state index is 3.49. The Morgan fingerprint density at radius 3 is 2.64 bits per heavy atom. The maximum Gasteiger partial charge on any atom is 0.0482 e. The lowest BCUT2D eigenvalue weighted by Gasteiger charge is -2.16. The van der Waals surface area contributed by atoms with Gasteiger partial charge in [0.1, 0.15) is 0 Å². The smallest absolute Gasteiger partial charge is 0.0482 e. The van der Waals surface area contributed by atoms with E-state index >= 15 is 0 Å². The van der Waals surface area contributed by atoms with E-state index in [4.69, 9.17) is 0 Å². The van der Waals surface area contributed by atoms with Crippen LogP contribution in [0.15, 0.2) is 54.3 Å². The molecule has 2 rings (SSSR count). The summed E-state index contributed by atoms with van der Waals surface area (Å²) in [6, 6.07) is 10.9. The molecule has 1 N–H and O–H groups in total. The molecule has 1 atom stereocenters. The van der Waals surface area contributed by atoms with Gasteiger partial charge in [-0.3, -0.25) is 0 Å². The summed E-state index contributed by atoms with van der Waals surface area (Å²) in [7, 11) is 0. The zero-order chi connectivity index (χ0) is 9.80. The van der Waals surface area contributed by atoms with Crippen molar-refractivity contribution < 1.29 is 0 Å². The summed E-state index contributed by atoms with van der Waals surface area (Å²) in [4.78, 5) is 0. The van der Waals surface area contributed by atoms with E-state index in [9.17, 15) is 0 Å². The molecule has 0 aliphatic heterocycles. The normalized spacial score (nSPS) is 16.5. The van der Waals surface area contributed by atoms with Gasteiger partial charge in [-0.25, -0.2) is 0 Å². The highest BCUT2D eigenvalue weighted by molar-refractivity contribution is 5.25. The van der Waals surface area contributed by atoms with Crippen LogP contribution in [0.25, 0.3) is 0 Å². The van der Waals surface area contributed by atoms with Crippen LogP contribution < -0.4 is 5.32 Å². The lowest BCUT2D eigenvalue weighted by Crippen LogP contribution is -2.16. The molecule has 0 aromatic heterocycles. The van der Waals surface area contributed by atoms with Crippen molar-refractivity contribution >= 4 is 0 Å². The zero-order valence-corrected chi connectivity index (χ0v) is 8.40. The number of benzene rings is 1. The second kappa shape index (κ2) is 4.14.